The highest BCUT2D eigenvalue weighted by Gasteiger charge is 2.22. The van der Waals surface area contributed by atoms with Crippen LogP contribution in [0.5, 0.6) is 0 Å². The van der Waals surface area contributed by atoms with Gasteiger partial charge in [-0.2, -0.15) is 0 Å². The van der Waals surface area contributed by atoms with Gasteiger partial charge in [0.05, 0.1) is 19.8 Å². The number of nitrogens with zero attached hydrogens (tertiary/aromatic N) is 1. The Kier molecular flexibility index (Phi) is 4.77. The van der Waals surface area contributed by atoms with E-state index in [0.29, 0.717) is 19.8 Å². The number of carbonyl (C=O) groups is 2. The van der Waals surface area contributed by atoms with Crippen LogP contribution in [0, 0.1) is 0 Å². The molecule has 0 radical (unpaired) electrons. The van der Waals surface area contributed by atoms with Gasteiger partial charge in [-0.1, -0.05) is 0 Å². The third kappa shape index (κ3) is 3.20. The van der Waals surface area contributed by atoms with Crippen LogP contribution in [0.15, 0.2) is 12.2 Å². The van der Waals surface area contributed by atoms with Crippen molar-refractivity contribution in [2.45, 2.75) is 0 Å². The van der Waals surface area contributed by atoms with E-state index >= 15 is 0 Å². The maximum Gasteiger partial charge on any atom is 0.253 e. The Morgan fingerprint density at radius 2 is 1.93 bits per heavy atom. The Labute approximate surface area is 85.1 Å². The molecule has 0 fully saturated rings. The van der Waals surface area contributed by atoms with E-state index in [1.807, 2.05) is 0 Å². The van der Waals surface area contributed by atoms with Crippen molar-refractivity contribution in [3.05, 3.63) is 12.2 Å². The molecule has 0 saturated heterocycles. The molecule has 1 aliphatic heterocycles. The fraction of sp³-hybridized carbons (Fsp3) is 0.556. The first kappa shape index (κ1) is 11.3. The number of amides is 2. The molecule has 14 heavy (non-hydrogen) atoms. The first-order valence-electron chi connectivity index (χ1n) is 4.51. The molecule has 1 rings (SSSR count). The lowest BCUT2D eigenvalue weighted by atomic mass is 10.5. The van der Waals surface area contributed by atoms with E-state index in [1.165, 1.54) is 17.1 Å². The van der Waals surface area contributed by atoms with Crippen LogP contribution in [0.4, 0.5) is 0 Å². The molecule has 4 nitrogen and oxygen atoms in total. The van der Waals surface area contributed by atoms with Gasteiger partial charge in [-0.15, -0.1) is 8.58 Å². The summed E-state index contributed by atoms with van der Waals surface area (Å²) in [5.41, 5.74) is 0. The predicted octanol–water partition coefficient (Wildman–Crippen LogP) is 0.236. The van der Waals surface area contributed by atoms with E-state index in [0.717, 1.165) is 14.7 Å². The lowest BCUT2D eigenvalue weighted by Crippen LogP contribution is -2.33. The van der Waals surface area contributed by atoms with E-state index in [1.54, 1.807) is 0 Å². The highest BCUT2D eigenvalue weighted by molar-refractivity contribution is 7.37. The standard InChI is InChI=1S/C9H14NO3P/c1-14-7-6-13-5-4-10-8(11)2-3-9(10)12/h2-3,14H,4-7H2,1H3. The number of ether oxygens (including phenoxy) is 1. The fourth-order valence-corrected chi connectivity index (χ4v) is 1.43. The molecule has 0 bridgehead atoms. The highest BCUT2D eigenvalue weighted by Crippen LogP contribution is 2.03. The van der Waals surface area contributed by atoms with Crippen molar-refractivity contribution in [2.24, 2.45) is 0 Å². The van der Waals surface area contributed by atoms with Gasteiger partial charge in [0, 0.05) is 12.2 Å². The lowest BCUT2D eigenvalue weighted by molar-refractivity contribution is -0.137. The van der Waals surface area contributed by atoms with Gasteiger partial charge in [-0.25, -0.2) is 0 Å². The summed E-state index contributed by atoms with van der Waals surface area (Å²) in [6.07, 6.45) is 3.62. The van der Waals surface area contributed by atoms with Gasteiger partial charge in [-0.3, -0.25) is 14.5 Å². The summed E-state index contributed by atoms with van der Waals surface area (Å²) in [5, 5.41) is 0. The highest BCUT2D eigenvalue weighted by atomic mass is 31.1. The van der Waals surface area contributed by atoms with Crippen molar-refractivity contribution in [3.63, 3.8) is 0 Å². The Hall–Kier alpha value is -0.730. The number of rotatable bonds is 6. The monoisotopic (exact) mass is 215 g/mol. The van der Waals surface area contributed by atoms with Crippen molar-refractivity contribution in [1.82, 2.24) is 4.90 Å². The number of hydrogen-bond donors (Lipinski definition) is 0. The van der Waals surface area contributed by atoms with Crippen molar-refractivity contribution < 1.29 is 14.3 Å². The Bertz CT molecular complexity index is 234. The SMILES string of the molecule is CPCCOCCN1C(=O)C=CC1=O. The number of carbonyl (C=O) groups excluding carboxylic acids is 2. The largest absolute Gasteiger partial charge is 0.379 e. The zero-order chi connectivity index (χ0) is 10.4. The molecular weight excluding hydrogens is 201 g/mol. The average Bonchev–Trinajstić information content (AvgIpc) is 2.48. The van der Waals surface area contributed by atoms with Gasteiger partial charge in [0.15, 0.2) is 0 Å². The molecule has 0 N–H and O–H groups in total. The molecule has 0 saturated carbocycles. The summed E-state index contributed by atoms with van der Waals surface area (Å²) in [6.45, 7) is 3.61. The molecule has 0 aromatic rings. The summed E-state index contributed by atoms with van der Waals surface area (Å²) in [4.78, 5) is 23.3. The van der Waals surface area contributed by atoms with Crippen LogP contribution in [0.3, 0.4) is 0 Å². The summed E-state index contributed by atoms with van der Waals surface area (Å²) >= 11 is 0. The van der Waals surface area contributed by atoms with Crippen LogP contribution in [0.2, 0.25) is 0 Å². The van der Waals surface area contributed by atoms with Crippen LogP contribution >= 0.6 is 8.58 Å². The summed E-state index contributed by atoms with van der Waals surface area (Å²) in [7, 11) is 0.882. The third-order valence-electron chi connectivity index (χ3n) is 1.86. The molecule has 0 aromatic carbocycles. The first-order chi connectivity index (χ1) is 6.75. The molecule has 0 aromatic heterocycles. The van der Waals surface area contributed by atoms with Gasteiger partial charge < -0.3 is 4.74 Å². The quantitative estimate of drug-likeness (QED) is 0.362. The minimum absolute atomic E-state index is 0.240. The van der Waals surface area contributed by atoms with Crippen LogP contribution in [0.1, 0.15) is 0 Å². The van der Waals surface area contributed by atoms with Crippen LogP contribution in [0.25, 0.3) is 0 Å². The van der Waals surface area contributed by atoms with E-state index < -0.39 is 0 Å². The molecule has 1 unspecified atom stereocenters. The second-order valence-corrected chi connectivity index (χ2v) is 4.08. The molecule has 1 heterocycles. The normalized spacial score (nSPS) is 16.5. The van der Waals surface area contributed by atoms with E-state index in [2.05, 4.69) is 6.66 Å². The lowest BCUT2D eigenvalue weighted by Gasteiger charge is -2.13. The molecule has 1 aliphatic rings. The van der Waals surface area contributed by atoms with Crippen LogP contribution in [-0.4, -0.2) is 49.3 Å². The van der Waals surface area contributed by atoms with Crippen molar-refractivity contribution >= 4 is 20.4 Å². The molecule has 0 spiro atoms. The van der Waals surface area contributed by atoms with E-state index in [-0.39, 0.29) is 11.8 Å². The van der Waals surface area contributed by atoms with E-state index in [9.17, 15) is 9.59 Å². The zero-order valence-electron chi connectivity index (χ0n) is 8.16. The molecule has 5 heteroatoms. The second-order valence-electron chi connectivity index (χ2n) is 2.88. The Morgan fingerprint density at radius 3 is 2.50 bits per heavy atom. The van der Waals surface area contributed by atoms with Crippen LogP contribution < -0.4 is 0 Å². The molecule has 78 valence electrons. The predicted molar refractivity (Wildman–Crippen MR) is 55.8 cm³/mol. The minimum Gasteiger partial charge on any atom is -0.379 e. The zero-order valence-corrected chi connectivity index (χ0v) is 9.16. The van der Waals surface area contributed by atoms with Gasteiger partial charge in [-0.05, 0) is 12.8 Å². The van der Waals surface area contributed by atoms with E-state index in [4.69, 9.17) is 4.74 Å². The Balaban J connectivity index is 2.13. The van der Waals surface area contributed by atoms with Crippen molar-refractivity contribution in [3.8, 4) is 0 Å². The average molecular weight is 215 g/mol. The van der Waals surface area contributed by atoms with Gasteiger partial charge in [0.2, 0.25) is 0 Å². The summed E-state index contributed by atoms with van der Waals surface area (Å²) < 4.78 is 5.27. The topological polar surface area (TPSA) is 46.6 Å². The fourth-order valence-electron chi connectivity index (χ4n) is 1.08. The maximum atomic E-state index is 11.1. The van der Waals surface area contributed by atoms with Gasteiger partial charge in [0.1, 0.15) is 0 Å². The number of hydrogen-bond acceptors (Lipinski definition) is 3. The first-order valence-corrected chi connectivity index (χ1v) is 6.22. The Morgan fingerprint density at radius 1 is 1.29 bits per heavy atom. The molecule has 0 aliphatic carbocycles. The van der Waals surface area contributed by atoms with Crippen LogP contribution in [-0.2, 0) is 14.3 Å². The second kappa shape index (κ2) is 5.89. The third-order valence-corrected chi connectivity index (χ3v) is 2.56. The summed E-state index contributed by atoms with van der Waals surface area (Å²) in [6, 6.07) is 0. The molecular formula is C9H14NO3P. The van der Waals surface area contributed by atoms with Crippen molar-refractivity contribution in [2.75, 3.05) is 32.6 Å². The maximum absolute atomic E-state index is 11.1. The van der Waals surface area contributed by atoms with Crippen molar-refractivity contribution in [1.29, 1.82) is 0 Å². The van der Waals surface area contributed by atoms with Gasteiger partial charge in [0.25, 0.3) is 11.8 Å². The summed E-state index contributed by atoms with van der Waals surface area (Å²) in [5.74, 6) is -0.480. The molecule has 2 amide bonds. The number of imide groups is 1. The molecule has 1 atom stereocenters. The minimum atomic E-state index is -0.240. The van der Waals surface area contributed by atoms with Gasteiger partial charge >= 0.3 is 0 Å². The smallest absolute Gasteiger partial charge is 0.253 e.